The molecule has 0 fully saturated rings. The zero-order valence-corrected chi connectivity index (χ0v) is 8.96. The minimum absolute atomic E-state index is 0.00870. The molecule has 0 saturated heterocycles. The number of aliphatic hydroxyl groups excluding tert-OH is 1. The summed E-state index contributed by atoms with van der Waals surface area (Å²) in [5, 5.41) is 11.7. The zero-order valence-electron chi connectivity index (χ0n) is 8.96. The van der Waals surface area contributed by atoms with Crippen LogP contribution in [0.2, 0.25) is 0 Å². The van der Waals surface area contributed by atoms with Crippen LogP contribution in [-0.4, -0.2) is 25.4 Å². The third-order valence-electron chi connectivity index (χ3n) is 2.22. The number of nitrogens with one attached hydrogen (secondary N) is 1. The van der Waals surface area contributed by atoms with E-state index < -0.39 is 0 Å². The van der Waals surface area contributed by atoms with Crippen LogP contribution in [0.3, 0.4) is 0 Å². The van der Waals surface area contributed by atoms with Gasteiger partial charge >= 0.3 is 0 Å². The second kappa shape index (κ2) is 5.68. The third-order valence-corrected chi connectivity index (χ3v) is 2.22. The van der Waals surface area contributed by atoms with Crippen LogP contribution < -0.4 is 10.1 Å². The van der Waals surface area contributed by atoms with Crippen LogP contribution in [0.25, 0.3) is 0 Å². The molecule has 1 atom stereocenters. The van der Waals surface area contributed by atoms with E-state index in [1.807, 2.05) is 6.92 Å². The number of rotatable bonds is 5. The lowest BCUT2D eigenvalue weighted by Crippen LogP contribution is -2.14. The summed E-state index contributed by atoms with van der Waals surface area (Å²) in [6, 6.07) is 4.37. The molecule has 4 heteroatoms. The highest BCUT2D eigenvalue weighted by Gasteiger charge is 2.11. The Morgan fingerprint density at radius 3 is 2.87 bits per heavy atom. The Hall–Kier alpha value is -1.13. The quantitative estimate of drug-likeness (QED) is 0.778. The molecule has 0 aliphatic carbocycles. The minimum atomic E-state index is -0.288. The number of benzene rings is 1. The average Bonchev–Trinajstić information content (AvgIpc) is 2.26. The van der Waals surface area contributed by atoms with Gasteiger partial charge in [-0.05, 0) is 32.2 Å². The van der Waals surface area contributed by atoms with E-state index in [0.717, 1.165) is 5.56 Å². The molecular formula is C11H16FNO2. The van der Waals surface area contributed by atoms with Gasteiger partial charge in [-0.3, -0.25) is 0 Å². The molecule has 15 heavy (non-hydrogen) atoms. The van der Waals surface area contributed by atoms with Crippen molar-refractivity contribution in [1.82, 2.24) is 5.32 Å². The summed E-state index contributed by atoms with van der Waals surface area (Å²) in [4.78, 5) is 0. The highest BCUT2D eigenvalue weighted by Crippen LogP contribution is 2.25. The van der Waals surface area contributed by atoms with Gasteiger partial charge < -0.3 is 15.2 Å². The van der Waals surface area contributed by atoms with Gasteiger partial charge in [0, 0.05) is 11.6 Å². The monoisotopic (exact) mass is 213 g/mol. The summed E-state index contributed by atoms with van der Waals surface area (Å²) in [5.41, 5.74) is 0.756. The second-order valence-corrected chi connectivity index (χ2v) is 3.26. The lowest BCUT2D eigenvalue weighted by molar-refractivity contribution is 0.199. The Morgan fingerprint density at radius 2 is 2.27 bits per heavy atom. The summed E-state index contributed by atoms with van der Waals surface area (Å²) in [5.74, 6) is 0.316. The molecule has 0 aromatic heterocycles. The number of aliphatic hydroxyl groups is 1. The van der Waals surface area contributed by atoms with Crippen molar-refractivity contribution in [1.29, 1.82) is 0 Å². The van der Waals surface area contributed by atoms with E-state index in [1.165, 1.54) is 12.1 Å². The molecule has 1 rings (SSSR count). The second-order valence-electron chi connectivity index (χ2n) is 3.26. The maximum Gasteiger partial charge on any atom is 0.124 e. The Morgan fingerprint density at radius 1 is 1.53 bits per heavy atom. The number of hydrogen-bond donors (Lipinski definition) is 2. The third kappa shape index (κ3) is 3.18. The minimum Gasteiger partial charge on any atom is -0.491 e. The van der Waals surface area contributed by atoms with E-state index in [-0.39, 0.29) is 25.1 Å². The van der Waals surface area contributed by atoms with Gasteiger partial charge in [-0.15, -0.1) is 0 Å². The van der Waals surface area contributed by atoms with Crippen molar-refractivity contribution in [2.24, 2.45) is 0 Å². The molecule has 0 radical (unpaired) electrons. The lowest BCUT2D eigenvalue weighted by atomic mass is 10.1. The first-order chi connectivity index (χ1) is 7.19. The van der Waals surface area contributed by atoms with E-state index >= 15 is 0 Å². The summed E-state index contributed by atoms with van der Waals surface area (Å²) in [7, 11) is 1.80. The van der Waals surface area contributed by atoms with Crippen LogP contribution in [0.4, 0.5) is 4.39 Å². The SMILES string of the molecule is CNC(C)c1cc(F)ccc1OCCO. The van der Waals surface area contributed by atoms with Crippen molar-refractivity contribution >= 4 is 0 Å². The number of hydrogen-bond acceptors (Lipinski definition) is 3. The van der Waals surface area contributed by atoms with Crippen molar-refractivity contribution in [2.75, 3.05) is 20.3 Å². The Labute approximate surface area is 88.9 Å². The molecule has 1 aromatic carbocycles. The first kappa shape index (κ1) is 11.9. The Bertz CT molecular complexity index is 317. The van der Waals surface area contributed by atoms with Crippen LogP contribution in [0.1, 0.15) is 18.5 Å². The van der Waals surface area contributed by atoms with E-state index in [9.17, 15) is 4.39 Å². The molecule has 0 saturated carbocycles. The van der Waals surface area contributed by atoms with E-state index in [1.54, 1.807) is 13.1 Å². The molecule has 1 aromatic rings. The van der Waals surface area contributed by atoms with Gasteiger partial charge in [-0.2, -0.15) is 0 Å². The number of halogens is 1. The summed E-state index contributed by atoms with van der Waals surface area (Å²) in [6.45, 7) is 2.08. The van der Waals surface area contributed by atoms with E-state index in [2.05, 4.69) is 5.32 Å². The van der Waals surface area contributed by atoms with Crippen LogP contribution >= 0.6 is 0 Å². The fraction of sp³-hybridized carbons (Fsp3) is 0.455. The highest BCUT2D eigenvalue weighted by atomic mass is 19.1. The van der Waals surface area contributed by atoms with Gasteiger partial charge in [0.2, 0.25) is 0 Å². The summed E-state index contributed by atoms with van der Waals surface area (Å²) >= 11 is 0. The molecule has 0 spiro atoms. The maximum atomic E-state index is 13.0. The lowest BCUT2D eigenvalue weighted by Gasteiger charge is -2.16. The van der Waals surface area contributed by atoms with Crippen molar-refractivity contribution in [3.8, 4) is 5.75 Å². The van der Waals surface area contributed by atoms with Crippen molar-refractivity contribution < 1.29 is 14.2 Å². The summed E-state index contributed by atoms with van der Waals surface area (Å²) in [6.07, 6.45) is 0. The Balaban J connectivity index is 2.92. The van der Waals surface area contributed by atoms with Crippen LogP contribution in [-0.2, 0) is 0 Å². The van der Waals surface area contributed by atoms with Gasteiger partial charge in [0.25, 0.3) is 0 Å². The van der Waals surface area contributed by atoms with Gasteiger partial charge in [-0.25, -0.2) is 4.39 Å². The largest absolute Gasteiger partial charge is 0.491 e. The van der Waals surface area contributed by atoms with Crippen molar-refractivity contribution in [3.63, 3.8) is 0 Å². The van der Waals surface area contributed by atoms with Gasteiger partial charge in [0.1, 0.15) is 18.2 Å². The fourth-order valence-corrected chi connectivity index (χ4v) is 1.30. The molecule has 3 nitrogen and oxygen atoms in total. The molecule has 0 aliphatic heterocycles. The molecule has 0 aliphatic rings. The molecule has 2 N–H and O–H groups in total. The molecule has 0 bridgehead atoms. The van der Waals surface area contributed by atoms with Crippen molar-refractivity contribution in [2.45, 2.75) is 13.0 Å². The fourth-order valence-electron chi connectivity index (χ4n) is 1.30. The standard InChI is InChI=1S/C11H16FNO2/c1-8(13-2)10-7-9(12)3-4-11(10)15-6-5-14/h3-4,7-8,13-14H,5-6H2,1-2H3. The molecular weight excluding hydrogens is 197 g/mol. The molecule has 1 unspecified atom stereocenters. The maximum absolute atomic E-state index is 13.0. The van der Waals surface area contributed by atoms with Gasteiger partial charge in [-0.1, -0.05) is 0 Å². The average molecular weight is 213 g/mol. The normalized spacial score (nSPS) is 12.5. The van der Waals surface area contributed by atoms with Crippen LogP contribution in [0.5, 0.6) is 5.75 Å². The van der Waals surface area contributed by atoms with Crippen molar-refractivity contribution in [3.05, 3.63) is 29.6 Å². The molecule has 84 valence electrons. The first-order valence-electron chi connectivity index (χ1n) is 4.89. The number of ether oxygens (including phenoxy) is 1. The van der Waals surface area contributed by atoms with E-state index in [0.29, 0.717) is 5.75 Å². The van der Waals surface area contributed by atoms with Crippen LogP contribution in [0, 0.1) is 5.82 Å². The molecule has 0 heterocycles. The predicted molar refractivity (Wildman–Crippen MR) is 56.5 cm³/mol. The predicted octanol–water partition coefficient (Wildman–Crippen LogP) is 1.48. The summed E-state index contributed by atoms with van der Waals surface area (Å²) < 4.78 is 18.3. The van der Waals surface area contributed by atoms with Gasteiger partial charge in [0.05, 0.1) is 6.61 Å². The van der Waals surface area contributed by atoms with Gasteiger partial charge in [0.15, 0.2) is 0 Å². The first-order valence-corrected chi connectivity index (χ1v) is 4.89. The Kier molecular flexibility index (Phi) is 4.52. The molecule has 0 amide bonds. The zero-order chi connectivity index (χ0) is 11.3. The van der Waals surface area contributed by atoms with E-state index in [4.69, 9.17) is 9.84 Å². The topological polar surface area (TPSA) is 41.5 Å². The smallest absolute Gasteiger partial charge is 0.124 e. The van der Waals surface area contributed by atoms with Crippen LogP contribution in [0.15, 0.2) is 18.2 Å². The highest BCUT2D eigenvalue weighted by molar-refractivity contribution is 5.36.